The average Bonchev–Trinajstić information content (AvgIpc) is 3.70. The second-order valence-corrected chi connectivity index (χ2v) is 9.77. The standard InChI is InChI=1S/C32H32FN3O4/c1-39-26-15-9-22(10-16-26)21-36(32(38)29-18-17-28(35-29)23-6-3-2-4-7-23)30(24-11-13-25(33)14-12-24)31(37)34-20-27-8-5-19-40-27/h2-4,6-7,9-18,27,30,35H,5,8,19-21H2,1H3,(H,34,37). The Hall–Kier alpha value is -4.43. The smallest absolute Gasteiger partial charge is 0.271 e. The lowest BCUT2D eigenvalue weighted by atomic mass is 10.0. The van der Waals surface area contributed by atoms with Gasteiger partial charge >= 0.3 is 0 Å². The van der Waals surface area contributed by atoms with Gasteiger partial charge in [-0.2, -0.15) is 0 Å². The number of benzene rings is 3. The Bertz CT molecular complexity index is 1410. The first kappa shape index (κ1) is 27.1. The molecule has 0 radical (unpaired) electrons. The van der Waals surface area contributed by atoms with Gasteiger partial charge in [0.2, 0.25) is 5.91 Å². The number of methoxy groups -OCH3 is 1. The number of carbonyl (C=O) groups excluding carboxylic acids is 2. The lowest BCUT2D eigenvalue weighted by Crippen LogP contribution is -2.45. The lowest BCUT2D eigenvalue weighted by molar-refractivity contribution is -0.126. The molecule has 1 aliphatic heterocycles. The van der Waals surface area contributed by atoms with E-state index in [1.807, 2.05) is 60.7 Å². The number of aromatic nitrogens is 1. The molecule has 3 aromatic carbocycles. The van der Waals surface area contributed by atoms with Crippen LogP contribution in [0.15, 0.2) is 91.0 Å². The van der Waals surface area contributed by atoms with Gasteiger partial charge in [-0.1, -0.05) is 54.6 Å². The number of aromatic amines is 1. The van der Waals surface area contributed by atoms with E-state index < -0.39 is 11.9 Å². The molecule has 2 amide bonds. The van der Waals surface area contributed by atoms with Crippen molar-refractivity contribution in [2.75, 3.05) is 20.3 Å². The number of ether oxygens (including phenoxy) is 2. The molecule has 0 aliphatic carbocycles. The van der Waals surface area contributed by atoms with Crippen LogP contribution in [0, 0.1) is 5.82 Å². The molecule has 0 saturated carbocycles. The van der Waals surface area contributed by atoms with Gasteiger partial charge in [-0.05, 0) is 65.9 Å². The molecule has 2 unspecified atom stereocenters. The first-order valence-electron chi connectivity index (χ1n) is 13.3. The van der Waals surface area contributed by atoms with Crippen LogP contribution >= 0.6 is 0 Å². The summed E-state index contributed by atoms with van der Waals surface area (Å²) in [5, 5.41) is 2.98. The molecule has 40 heavy (non-hydrogen) atoms. The maximum Gasteiger partial charge on any atom is 0.271 e. The van der Waals surface area contributed by atoms with E-state index in [2.05, 4.69) is 10.3 Å². The van der Waals surface area contributed by atoms with Gasteiger partial charge in [0.05, 0.1) is 13.2 Å². The number of halogens is 1. The van der Waals surface area contributed by atoms with Crippen molar-refractivity contribution in [1.29, 1.82) is 0 Å². The molecule has 7 nitrogen and oxygen atoms in total. The predicted molar refractivity (Wildman–Crippen MR) is 150 cm³/mol. The summed E-state index contributed by atoms with van der Waals surface area (Å²) in [6.45, 7) is 1.14. The van der Waals surface area contributed by atoms with Gasteiger partial charge in [-0.3, -0.25) is 9.59 Å². The van der Waals surface area contributed by atoms with Crippen LogP contribution < -0.4 is 10.1 Å². The molecule has 2 heterocycles. The molecule has 2 atom stereocenters. The second kappa shape index (κ2) is 12.6. The Morgan fingerprint density at radius 1 is 1.02 bits per heavy atom. The van der Waals surface area contributed by atoms with Crippen LogP contribution in [0.1, 0.15) is 40.5 Å². The van der Waals surface area contributed by atoms with Crippen LogP contribution in [0.4, 0.5) is 4.39 Å². The van der Waals surface area contributed by atoms with E-state index in [1.165, 1.54) is 17.0 Å². The summed E-state index contributed by atoms with van der Waals surface area (Å²) < 4.78 is 24.9. The van der Waals surface area contributed by atoms with E-state index in [9.17, 15) is 14.0 Å². The second-order valence-electron chi connectivity index (χ2n) is 9.77. The lowest BCUT2D eigenvalue weighted by Gasteiger charge is -2.31. The molecule has 2 N–H and O–H groups in total. The average molecular weight is 542 g/mol. The molecule has 0 spiro atoms. The number of H-pyrrole nitrogens is 1. The maximum atomic E-state index is 14.2. The monoisotopic (exact) mass is 541 g/mol. The molecular weight excluding hydrogens is 509 g/mol. The number of rotatable bonds is 10. The highest BCUT2D eigenvalue weighted by Gasteiger charge is 2.33. The summed E-state index contributed by atoms with van der Waals surface area (Å²) in [5.41, 5.74) is 3.37. The summed E-state index contributed by atoms with van der Waals surface area (Å²) in [7, 11) is 1.59. The van der Waals surface area contributed by atoms with Gasteiger partial charge in [0.1, 0.15) is 23.3 Å². The van der Waals surface area contributed by atoms with E-state index in [4.69, 9.17) is 9.47 Å². The van der Waals surface area contributed by atoms with Gasteiger partial charge in [0.15, 0.2) is 0 Å². The third-order valence-electron chi connectivity index (χ3n) is 7.05. The third kappa shape index (κ3) is 6.40. The van der Waals surface area contributed by atoms with Gasteiger partial charge < -0.3 is 24.7 Å². The Balaban J connectivity index is 1.51. The SMILES string of the molecule is COc1ccc(CN(C(=O)c2ccc(-c3ccccc3)[nH]2)C(C(=O)NCC2CCCO2)c2ccc(F)cc2)cc1. The fraction of sp³-hybridized carbons (Fsp3) is 0.250. The van der Waals surface area contributed by atoms with E-state index in [1.54, 1.807) is 25.3 Å². The highest BCUT2D eigenvalue weighted by Crippen LogP contribution is 2.28. The fourth-order valence-corrected chi connectivity index (χ4v) is 4.90. The van der Waals surface area contributed by atoms with E-state index >= 15 is 0 Å². The van der Waals surface area contributed by atoms with Crippen molar-refractivity contribution in [2.45, 2.75) is 31.5 Å². The highest BCUT2D eigenvalue weighted by molar-refractivity contribution is 5.97. The van der Waals surface area contributed by atoms with Crippen LogP contribution in [0.2, 0.25) is 0 Å². The molecule has 4 aromatic rings. The molecule has 1 aromatic heterocycles. The number of carbonyl (C=O) groups is 2. The molecule has 1 fully saturated rings. The first-order valence-corrected chi connectivity index (χ1v) is 13.3. The number of nitrogens with zero attached hydrogens (tertiary/aromatic N) is 1. The van der Waals surface area contributed by atoms with E-state index in [0.29, 0.717) is 30.2 Å². The summed E-state index contributed by atoms with van der Waals surface area (Å²) in [6.07, 6.45) is 1.74. The minimum absolute atomic E-state index is 0.0691. The number of amides is 2. The minimum atomic E-state index is -1.01. The van der Waals surface area contributed by atoms with Crippen molar-refractivity contribution in [3.8, 4) is 17.0 Å². The number of hydrogen-bond acceptors (Lipinski definition) is 4. The third-order valence-corrected chi connectivity index (χ3v) is 7.05. The first-order chi connectivity index (χ1) is 19.5. The Kier molecular flexibility index (Phi) is 8.56. The van der Waals surface area contributed by atoms with Crippen LogP contribution in [0.25, 0.3) is 11.3 Å². The summed E-state index contributed by atoms with van der Waals surface area (Å²) in [5.74, 6) is -0.464. The van der Waals surface area contributed by atoms with Crippen molar-refractivity contribution >= 4 is 11.8 Å². The molecule has 8 heteroatoms. The molecule has 0 bridgehead atoms. The molecule has 1 saturated heterocycles. The summed E-state index contributed by atoms with van der Waals surface area (Å²) >= 11 is 0. The topological polar surface area (TPSA) is 83.7 Å². The van der Waals surface area contributed by atoms with E-state index in [0.717, 1.165) is 29.7 Å². The molecule has 5 rings (SSSR count). The van der Waals surface area contributed by atoms with Gasteiger partial charge in [-0.25, -0.2) is 4.39 Å². The molecular formula is C32H32FN3O4. The normalized spacial score (nSPS) is 15.4. The minimum Gasteiger partial charge on any atom is -0.497 e. The Morgan fingerprint density at radius 2 is 1.77 bits per heavy atom. The quantitative estimate of drug-likeness (QED) is 0.277. The fourth-order valence-electron chi connectivity index (χ4n) is 4.90. The van der Waals surface area contributed by atoms with Crippen molar-refractivity contribution < 1.29 is 23.5 Å². The summed E-state index contributed by atoms with van der Waals surface area (Å²) in [4.78, 5) is 32.7. The van der Waals surface area contributed by atoms with Crippen molar-refractivity contribution in [3.05, 3.63) is 114 Å². The zero-order chi connectivity index (χ0) is 27.9. The van der Waals surface area contributed by atoms with Gasteiger partial charge in [-0.15, -0.1) is 0 Å². The van der Waals surface area contributed by atoms with E-state index in [-0.39, 0.29) is 24.5 Å². The van der Waals surface area contributed by atoms with Crippen LogP contribution in [-0.4, -0.2) is 48.1 Å². The molecule has 206 valence electrons. The zero-order valence-electron chi connectivity index (χ0n) is 22.3. The largest absolute Gasteiger partial charge is 0.497 e. The van der Waals surface area contributed by atoms with Gasteiger partial charge in [0, 0.05) is 25.4 Å². The Labute approximate surface area is 232 Å². The molecule has 1 aliphatic rings. The summed E-state index contributed by atoms with van der Waals surface area (Å²) in [6, 6.07) is 25.3. The maximum absolute atomic E-state index is 14.2. The van der Waals surface area contributed by atoms with Crippen molar-refractivity contribution in [1.82, 2.24) is 15.2 Å². The Morgan fingerprint density at radius 3 is 2.45 bits per heavy atom. The zero-order valence-corrected chi connectivity index (χ0v) is 22.3. The van der Waals surface area contributed by atoms with Crippen molar-refractivity contribution in [3.63, 3.8) is 0 Å². The van der Waals surface area contributed by atoms with Crippen molar-refractivity contribution in [2.24, 2.45) is 0 Å². The number of hydrogen-bond donors (Lipinski definition) is 2. The van der Waals surface area contributed by atoms with Crippen LogP contribution in [0.5, 0.6) is 5.75 Å². The van der Waals surface area contributed by atoms with Crippen LogP contribution in [-0.2, 0) is 16.1 Å². The highest BCUT2D eigenvalue weighted by atomic mass is 19.1. The van der Waals surface area contributed by atoms with Crippen LogP contribution in [0.3, 0.4) is 0 Å². The predicted octanol–water partition coefficient (Wildman–Crippen LogP) is 5.51. The number of nitrogens with one attached hydrogen (secondary N) is 2. The van der Waals surface area contributed by atoms with Gasteiger partial charge in [0.25, 0.3) is 5.91 Å².